The Morgan fingerprint density at radius 2 is 1.85 bits per heavy atom. The number of nitrogens with one attached hydrogen (secondary N) is 1. The molecule has 0 heterocycles. The van der Waals surface area contributed by atoms with Crippen LogP contribution < -0.4 is 19.5 Å². The molecule has 0 saturated heterocycles. The molecule has 140 valence electrons. The molecule has 0 spiro atoms. The Balaban J connectivity index is 1.82. The van der Waals surface area contributed by atoms with Gasteiger partial charge in [-0.25, -0.2) is 0 Å². The molecule has 0 aliphatic rings. The van der Waals surface area contributed by atoms with Gasteiger partial charge in [-0.2, -0.15) is 0 Å². The molecule has 0 fully saturated rings. The zero-order valence-electron chi connectivity index (χ0n) is 15.9. The Labute approximate surface area is 155 Å². The maximum Gasteiger partial charge on any atom is 0.261 e. The van der Waals surface area contributed by atoms with Crippen LogP contribution in [0.5, 0.6) is 17.2 Å². The molecule has 2 rings (SSSR count). The molecule has 2 aromatic carbocycles. The fraction of sp³-hybridized carbons (Fsp3) is 0.381. The molecule has 1 N–H and O–H groups in total. The van der Waals surface area contributed by atoms with Crippen LogP contribution in [0.2, 0.25) is 0 Å². The summed E-state index contributed by atoms with van der Waals surface area (Å²) >= 11 is 0. The van der Waals surface area contributed by atoms with Crippen LogP contribution in [0.15, 0.2) is 42.5 Å². The van der Waals surface area contributed by atoms with E-state index in [1.165, 1.54) is 0 Å². The number of methoxy groups -OCH3 is 1. The zero-order chi connectivity index (χ0) is 18.9. The maximum absolute atomic E-state index is 12.4. The average Bonchev–Trinajstić information content (AvgIpc) is 2.66. The van der Waals surface area contributed by atoms with Crippen LogP contribution in [-0.2, 0) is 4.79 Å². The van der Waals surface area contributed by atoms with Crippen molar-refractivity contribution >= 4 is 5.91 Å². The summed E-state index contributed by atoms with van der Waals surface area (Å²) in [5, 5.41) is 2.87. The normalized spacial score (nSPS) is 11.5. The van der Waals surface area contributed by atoms with Crippen molar-refractivity contribution in [1.29, 1.82) is 0 Å². The minimum Gasteiger partial charge on any atom is -0.497 e. The Morgan fingerprint density at radius 1 is 1.12 bits per heavy atom. The van der Waals surface area contributed by atoms with Gasteiger partial charge < -0.3 is 19.5 Å². The Hall–Kier alpha value is -2.69. The molecule has 0 aliphatic carbocycles. The lowest BCUT2D eigenvalue weighted by Gasteiger charge is -2.19. The van der Waals surface area contributed by atoms with Gasteiger partial charge in [-0.15, -0.1) is 0 Å². The van der Waals surface area contributed by atoms with Crippen molar-refractivity contribution in [2.75, 3.05) is 20.3 Å². The number of hydrogen-bond acceptors (Lipinski definition) is 4. The molecule has 0 aliphatic heterocycles. The Bertz CT molecular complexity index is 730. The SMILES string of the molecule is CC[C@@H](Oc1cccc(C)c1C)C(=O)NCCOc1cccc(OC)c1. The van der Waals surface area contributed by atoms with Crippen molar-refractivity contribution in [1.82, 2.24) is 5.32 Å². The lowest BCUT2D eigenvalue weighted by molar-refractivity contribution is -0.128. The number of aryl methyl sites for hydroxylation is 1. The smallest absolute Gasteiger partial charge is 0.261 e. The first-order valence-electron chi connectivity index (χ1n) is 8.82. The summed E-state index contributed by atoms with van der Waals surface area (Å²) < 4.78 is 16.7. The number of benzene rings is 2. The molecule has 0 unspecified atom stereocenters. The van der Waals surface area contributed by atoms with Gasteiger partial charge in [-0.1, -0.05) is 25.1 Å². The monoisotopic (exact) mass is 357 g/mol. The van der Waals surface area contributed by atoms with E-state index in [0.29, 0.717) is 25.3 Å². The fourth-order valence-corrected chi connectivity index (χ4v) is 2.48. The highest BCUT2D eigenvalue weighted by atomic mass is 16.5. The van der Waals surface area contributed by atoms with Gasteiger partial charge in [0.15, 0.2) is 6.10 Å². The Morgan fingerprint density at radius 3 is 2.58 bits per heavy atom. The summed E-state index contributed by atoms with van der Waals surface area (Å²) in [6.45, 7) is 6.74. The number of hydrogen-bond donors (Lipinski definition) is 1. The number of rotatable bonds is 9. The molecule has 0 saturated carbocycles. The summed E-state index contributed by atoms with van der Waals surface area (Å²) in [6, 6.07) is 13.2. The first kappa shape index (κ1) is 19.6. The van der Waals surface area contributed by atoms with Crippen LogP contribution in [0.25, 0.3) is 0 Å². The summed E-state index contributed by atoms with van der Waals surface area (Å²) in [7, 11) is 1.61. The minimum atomic E-state index is -0.521. The van der Waals surface area contributed by atoms with E-state index in [-0.39, 0.29) is 5.91 Å². The van der Waals surface area contributed by atoms with E-state index < -0.39 is 6.10 Å². The molecule has 0 radical (unpaired) electrons. The van der Waals surface area contributed by atoms with Crippen LogP contribution >= 0.6 is 0 Å². The van der Waals surface area contributed by atoms with Crippen molar-refractivity contribution in [3.05, 3.63) is 53.6 Å². The van der Waals surface area contributed by atoms with Gasteiger partial charge in [0, 0.05) is 6.07 Å². The van der Waals surface area contributed by atoms with E-state index in [9.17, 15) is 4.79 Å². The third-order valence-electron chi connectivity index (χ3n) is 4.20. The number of carbonyl (C=O) groups is 1. The molecule has 5 heteroatoms. The first-order valence-corrected chi connectivity index (χ1v) is 8.82. The van der Waals surface area contributed by atoms with Crippen molar-refractivity contribution in [3.63, 3.8) is 0 Å². The molecule has 2 aromatic rings. The average molecular weight is 357 g/mol. The van der Waals surface area contributed by atoms with Crippen molar-refractivity contribution in [2.24, 2.45) is 0 Å². The highest BCUT2D eigenvalue weighted by molar-refractivity contribution is 5.81. The van der Waals surface area contributed by atoms with Crippen LogP contribution in [0.4, 0.5) is 0 Å². The molecule has 1 amide bonds. The largest absolute Gasteiger partial charge is 0.497 e. The first-order chi connectivity index (χ1) is 12.5. The second kappa shape index (κ2) is 9.70. The van der Waals surface area contributed by atoms with E-state index in [0.717, 1.165) is 22.6 Å². The highest BCUT2D eigenvalue weighted by Crippen LogP contribution is 2.22. The molecule has 5 nitrogen and oxygen atoms in total. The van der Waals surface area contributed by atoms with Gasteiger partial charge in [0.1, 0.15) is 23.9 Å². The number of amides is 1. The van der Waals surface area contributed by atoms with E-state index in [1.54, 1.807) is 13.2 Å². The van der Waals surface area contributed by atoms with Crippen LogP contribution in [0, 0.1) is 13.8 Å². The maximum atomic E-state index is 12.4. The topological polar surface area (TPSA) is 56.8 Å². The lowest BCUT2D eigenvalue weighted by Crippen LogP contribution is -2.39. The summed E-state index contributed by atoms with van der Waals surface area (Å²) in [5.41, 5.74) is 2.20. The van der Waals surface area contributed by atoms with Crippen LogP contribution in [0.3, 0.4) is 0 Å². The standard InChI is InChI=1S/C21H27NO4/c1-5-19(26-20-11-6-8-15(2)16(20)3)21(23)22-12-13-25-18-10-7-9-17(14-18)24-4/h6-11,14,19H,5,12-13H2,1-4H3,(H,22,23)/t19-/m1/s1. The molecule has 26 heavy (non-hydrogen) atoms. The van der Waals surface area contributed by atoms with Gasteiger partial charge in [0.25, 0.3) is 5.91 Å². The predicted molar refractivity (Wildman–Crippen MR) is 102 cm³/mol. The quantitative estimate of drug-likeness (QED) is 0.696. The summed E-state index contributed by atoms with van der Waals surface area (Å²) in [4.78, 5) is 12.4. The summed E-state index contributed by atoms with van der Waals surface area (Å²) in [6.07, 6.45) is 0.0722. The third kappa shape index (κ3) is 5.41. The van der Waals surface area contributed by atoms with E-state index in [2.05, 4.69) is 5.32 Å². The Kier molecular flexibility index (Phi) is 7.33. The van der Waals surface area contributed by atoms with Gasteiger partial charge in [0.2, 0.25) is 0 Å². The van der Waals surface area contributed by atoms with Gasteiger partial charge in [-0.05, 0) is 49.6 Å². The summed E-state index contributed by atoms with van der Waals surface area (Å²) in [5.74, 6) is 2.05. The van der Waals surface area contributed by atoms with Gasteiger partial charge >= 0.3 is 0 Å². The molecular formula is C21H27NO4. The lowest BCUT2D eigenvalue weighted by atomic mass is 10.1. The van der Waals surface area contributed by atoms with Crippen molar-refractivity contribution < 1.29 is 19.0 Å². The van der Waals surface area contributed by atoms with Gasteiger partial charge in [0.05, 0.1) is 13.7 Å². The van der Waals surface area contributed by atoms with Crippen molar-refractivity contribution in [3.8, 4) is 17.2 Å². The van der Waals surface area contributed by atoms with Gasteiger partial charge in [-0.3, -0.25) is 4.79 Å². The number of ether oxygens (including phenoxy) is 3. The highest BCUT2D eigenvalue weighted by Gasteiger charge is 2.19. The second-order valence-corrected chi connectivity index (χ2v) is 6.03. The molecular weight excluding hydrogens is 330 g/mol. The molecule has 0 aromatic heterocycles. The predicted octanol–water partition coefficient (Wildman–Crippen LogP) is 3.66. The van der Waals surface area contributed by atoms with Crippen LogP contribution in [-0.4, -0.2) is 32.3 Å². The minimum absolute atomic E-state index is 0.136. The fourth-order valence-electron chi connectivity index (χ4n) is 2.48. The molecule has 1 atom stereocenters. The van der Waals surface area contributed by atoms with E-state index >= 15 is 0 Å². The number of carbonyl (C=O) groups excluding carboxylic acids is 1. The third-order valence-corrected chi connectivity index (χ3v) is 4.20. The molecule has 0 bridgehead atoms. The van der Waals surface area contributed by atoms with Crippen LogP contribution in [0.1, 0.15) is 24.5 Å². The van der Waals surface area contributed by atoms with E-state index in [4.69, 9.17) is 14.2 Å². The van der Waals surface area contributed by atoms with E-state index in [1.807, 2.05) is 57.2 Å². The zero-order valence-corrected chi connectivity index (χ0v) is 15.9. The van der Waals surface area contributed by atoms with Crippen molar-refractivity contribution in [2.45, 2.75) is 33.3 Å². The second-order valence-electron chi connectivity index (χ2n) is 6.03.